The summed E-state index contributed by atoms with van der Waals surface area (Å²) in [5, 5.41) is 9.57. The third kappa shape index (κ3) is 3.01. The summed E-state index contributed by atoms with van der Waals surface area (Å²) < 4.78 is 12.4. The summed E-state index contributed by atoms with van der Waals surface area (Å²) >= 11 is 0. The molecule has 0 bridgehead atoms. The van der Waals surface area contributed by atoms with Crippen LogP contribution in [0.4, 0.5) is 0 Å². The fourth-order valence-electron chi connectivity index (χ4n) is 4.14. The first kappa shape index (κ1) is 19.9. The number of hydrogen-bond acceptors (Lipinski definition) is 5. The van der Waals surface area contributed by atoms with Crippen LogP contribution in [0, 0.1) is 5.41 Å². The van der Waals surface area contributed by atoms with Crippen LogP contribution in [0.1, 0.15) is 48.5 Å². The Balaban J connectivity index is 1.80. The van der Waals surface area contributed by atoms with Crippen molar-refractivity contribution in [2.24, 2.45) is 5.41 Å². The molecule has 1 aromatic carbocycles. The largest absolute Gasteiger partial charge is 0.493 e. The Labute approximate surface area is 174 Å². The Bertz CT molecular complexity index is 1130. The molecule has 1 saturated carbocycles. The Morgan fingerprint density at radius 1 is 1.33 bits per heavy atom. The molecule has 4 rings (SSSR count). The Morgan fingerprint density at radius 2 is 2.13 bits per heavy atom. The summed E-state index contributed by atoms with van der Waals surface area (Å²) in [7, 11) is 3.16. The van der Waals surface area contributed by atoms with Crippen LogP contribution in [0.25, 0.3) is 18.2 Å². The minimum atomic E-state index is -0.965. The average Bonchev–Trinajstić information content (AvgIpc) is 3.50. The van der Waals surface area contributed by atoms with Crippen molar-refractivity contribution < 1.29 is 19.4 Å². The molecule has 0 amide bonds. The zero-order valence-electron chi connectivity index (χ0n) is 17.2. The molecular weight excluding hydrogens is 384 g/mol. The van der Waals surface area contributed by atoms with Crippen molar-refractivity contribution in [1.82, 2.24) is 9.55 Å². The van der Waals surface area contributed by atoms with E-state index >= 15 is 0 Å². The topological polar surface area (TPSA) is 90.7 Å². The number of aliphatic carboxylic acids is 1. The van der Waals surface area contributed by atoms with E-state index in [1.54, 1.807) is 30.9 Å². The Hall–Kier alpha value is -3.35. The average molecular weight is 408 g/mol. The molecule has 2 unspecified atom stereocenters. The lowest BCUT2D eigenvalue weighted by molar-refractivity contribution is -0.141. The first-order chi connectivity index (χ1) is 14.5. The number of methoxy groups -OCH3 is 2. The summed E-state index contributed by atoms with van der Waals surface area (Å²) in [6, 6.07) is 5.22. The number of benzene rings is 1. The predicted molar refractivity (Wildman–Crippen MR) is 114 cm³/mol. The highest BCUT2D eigenvalue weighted by atomic mass is 16.5. The third-order valence-corrected chi connectivity index (χ3v) is 5.83. The van der Waals surface area contributed by atoms with E-state index < -0.39 is 11.4 Å². The molecule has 1 aromatic heterocycles. The molecule has 156 valence electrons. The van der Waals surface area contributed by atoms with Gasteiger partial charge in [-0.1, -0.05) is 31.6 Å². The second-order valence-corrected chi connectivity index (χ2v) is 7.57. The molecule has 7 heteroatoms. The summed E-state index contributed by atoms with van der Waals surface area (Å²) in [5.74, 6) is 0.824. The molecular formula is C23H24N2O5. The van der Waals surface area contributed by atoms with E-state index in [-0.39, 0.29) is 11.6 Å². The van der Waals surface area contributed by atoms with Crippen LogP contribution in [-0.4, -0.2) is 34.8 Å². The molecule has 30 heavy (non-hydrogen) atoms. The van der Waals surface area contributed by atoms with Gasteiger partial charge in [-0.05, 0) is 37.1 Å². The molecule has 1 aliphatic carbocycles. The molecule has 2 aliphatic rings. The van der Waals surface area contributed by atoms with Gasteiger partial charge in [-0.25, -0.2) is 4.98 Å². The van der Waals surface area contributed by atoms with Gasteiger partial charge in [0.1, 0.15) is 11.2 Å². The molecule has 2 atom stereocenters. The molecule has 2 aromatic rings. The summed E-state index contributed by atoms with van der Waals surface area (Å²) in [6.45, 7) is 2.00. The standard InChI is InChI=1S/C23H24N2O5/c1-4-6-15-16(10-9-14-7-5-8-17(29-2)20(14)30-3)24-19-11-12-23(22(27)28)13-18(23)25(19)21(15)26/h5,7-12,18H,4,6,13H2,1-3H3,(H,27,28)/b10-9+. The molecule has 1 aliphatic heterocycles. The second kappa shape index (κ2) is 7.48. The first-order valence-corrected chi connectivity index (χ1v) is 9.94. The van der Waals surface area contributed by atoms with Gasteiger partial charge in [0.2, 0.25) is 0 Å². The lowest BCUT2D eigenvalue weighted by Gasteiger charge is -2.19. The lowest BCUT2D eigenvalue weighted by Crippen LogP contribution is -2.32. The molecule has 1 N–H and O–H groups in total. The van der Waals surface area contributed by atoms with Gasteiger partial charge in [-0.2, -0.15) is 0 Å². The Morgan fingerprint density at radius 3 is 2.80 bits per heavy atom. The zero-order valence-corrected chi connectivity index (χ0v) is 17.2. The van der Waals surface area contributed by atoms with Crippen LogP contribution in [0.3, 0.4) is 0 Å². The SMILES string of the molecule is CCCc1c(/C=C/c2cccc(OC)c2OC)nc2n(c1=O)C1CC1(C(=O)O)C=C2. The molecule has 0 spiro atoms. The van der Waals surface area contributed by atoms with Gasteiger partial charge < -0.3 is 14.6 Å². The maximum Gasteiger partial charge on any atom is 0.315 e. The van der Waals surface area contributed by atoms with Crippen molar-refractivity contribution in [1.29, 1.82) is 0 Å². The molecule has 2 heterocycles. The summed E-state index contributed by atoms with van der Waals surface area (Å²) in [4.78, 5) is 29.6. The predicted octanol–water partition coefficient (Wildman–Crippen LogP) is 3.43. The van der Waals surface area contributed by atoms with Gasteiger partial charge in [0.25, 0.3) is 5.56 Å². The van der Waals surface area contributed by atoms with Crippen molar-refractivity contribution >= 4 is 24.2 Å². The van der Waals surface area contributed by atoms with Gasteiger partial charge in [0, 0.05) is 11.1 Å². The minimum absolute atomic E-state index is 0.156. The van der Waals surface area contributed by atoms with Crippen LogP contribution < -0.4 is 15.0 Å². The van der Waals surface area contributed by atoms with Crippen molar-refractivity contribution in [3.8, 4) is 11.5 Å². The van der Waals surface area contributed by atoms with Gasteiger partial charge in [-0.15, -0.1) is 0 Å². The van der Waals surface area contributed by atoms with Gasteiger partial charge in [0.15, 0.2) is 11.5 Å². The zero-order chi connectivity index (χ0) is 21.5. The van der Waals surface area contributed by atoms with Gasteiger partial charge in [0.05, 0.1) is 26.0 Å². The van der Waals surface area contributed by atoms with Crippen LogP contribution in [0.2, 0.25) is 0 Å². The first-order valence-electron chi connectivity index (χ1n) is 9.94. The quantitative estimate of drug-likeness (QED) is 0.755. The van der Waals surface area contributed by atoms with E-state index in [0.717, 1.165) is 12.0 Å². The van der Waals surface area contributed by atoms with E-state index in [9.17, 15) is 14.7 Å². The number of carboxylic acid groups (broad SMARTS) is 1. The molecule has 0 radical (unpaired) electrons. The van der Waals surface area contributed by atoms with E-state index in [1.165, 1.54) is 0 Å². The highest BCUT2D eigenvalue weighted by molar-refractivity contribution is 5.84. The van der Waals surface area contributed by atoms with Crippen LogP contribution in [-0.2, 0) is 11.2 Å². The number of hydrogen-bond donors (Lipinski definition) is 1. The Kier molecular flexibility index (Phi) is 4.97. The number of aromatic nitrogens is 2. The highest BCUT2D eigenvalue weighted by Crippen LogP contribution is 2.59. The summed E-state index contributed by atoms with van der Waals surface area (Å²) in [6.07, 6.45) is 8.75. The van der Waals surface area contributed by atoms with Crippen LogP contribution in [0.5, 0.6) is 11.5 Å². The van der Waals surface area contributed by atoms with E-state index in [2.05, 4.69) is 0 Å². The van der Waals surface area contributed by atoms with Crippen LogP contribution in [0.15, 0.2) is 29.1 Å². The number of carbonyl (C=O) groups is 1. The highest BCUT2D eigenvalue weighted by Gasteiger charge is 2.62. The number of carboxylic acids is 1. The fourth-order valence-corrected chi connectivity index (χ4v) is 4.14. The fraction of sp³-hybridized carbons (Fsp3) is 0.348. The molecule has 0 saturated heterocycles. The van der Waals surface area contributed by atoms with E-state index in [1.807, 2.05) is 37.3 Å². The van der Waals surface area contributed by atoms with Crippen LogP contribution >= 0.6 is 0 Å². The number of rotatable bonds is 7. The summed E-state index contributed by atoms with van der Waals surface area (Å²) in [5.41, 5.74) is 0.873. The normalized spacial score (nSPS) is 21.2. The maximum absolute atomic E-state index is 13.3. The minimum Gasteiger partial charge on any atom is -0.493 e. The second-order valence-electron chi connectivity index (χ2n) is 7.57. The van der Waals surface area contributed by atoms with Crippen molar-refractivity contribution in [2.75, 3.05) is 14.2 Å². The number of ether oxygens (including phenoxy) is 2. The molecule has 1 fully saturated rings. The monoisotopic (exact) mass is 408 g/mol. The van der Waals surface area contributed by atoms with Crippen molar-refractivity contribution in [3.63, 3.8) is 0 Å². The number of fused-ring (bicyclic) bond motifs is 3. The van der Waals surface area contributed by atoms with Crippen molar-refractivity contribution in [2.45, 2.75) is 32.2 Å². The van der Waals surface area contributed by atoms with Crippen molar-refractivity contribution in [3.05, 3.63) is 57.3 Å². The van der Waals surface area contributed by atoms with Gasteiger partial charge in [-0.3, -0.25) is 14.2 Å². The lowest BCUT2D eigenvalue weighted by atomic mass is 10.0. The van der Waals surface area contributed by atoms with E-state index in [0.29, 0.717) is 41.4 Å². The molecule has 7 nitrogen and oxygen atoms in total. The smallest absolute Gasteiger partial charge is 0.315 e. The third-order valence-electron chi connectivity index (χ3n) is 5.83. The number of para-hydroxylation sites is 1. The maximum atomic E-state index is 13.3. The van der Waals surface area contributed by atoms with E-state index in [4.69, 9.17) is 14.5 Å². The number of nitrogens with zero attached hydrogens (tertiary/aromatic N) is 2. The van der Waals surface area contributed by atoms with Gasteiger partial charge >= 0.3 is 5.97 Å².